The third-order valence-corrected chi connectivity index (χ3v) is 4.90. The minimum Gasteiger partial charge on any atom is -1.00 e. The van der Waals surface area contributed by atoms with Crippen LogP contribution in [-0.2, 0) is 21.4 Å². The highest BCUT2D eigenvalue weighted by Crippen LogP contribution is 2.14. The Kier molecular flexibility index (Phi) is 9.21. The lowest BCUT2D eigenvalue weighted by atomic mass is 10.00. The fourth-order valence-electron chi connectivity index (χ4n) is 1.97. The van der Waals surface area contributed by atoms with Gasteiger partial charge in [0.05, 0.1) is 6.26 Å². The van der Waals surface area contributed by atoms with Gasteiger partial charge < -0.3 is 12.4 Å². The molecule has 0 saturated carbocycles. The highest BCUT2D eigenvalue weighted by molar-refractivity contribution is 7.95. The molecule has 0 amide bonds. The topological polar surface area (TPSA) is 17.1 Å². The number of hydrogen-bond acceptors (Lipinski definition) is 1. The molecule has 2 atom stereocenters. The van der Waals surface area contributed by atoms with E-state index < -0.39 is 0 Å². The maximum Gasteiger partial charge on any atom is 0.133 e. The maximum absolute atomic E-state index is 11.3. The first-order chi connectivity index (χ1) is 8.13. The second-order valence-electron chi connectivity index (χ2n) is 4.62. The summed E-state index contributed by atoms with van der Waals surface area (Å²) in [7, 11) is 0.388. The van der Waals surface area contributed by atoms with Crippen molar-refractivity contribution in [2.45, 2.75) is 32.4 Å². The fraction of sp³-hybridized carbons (Fsp3) is 0.533. The third kappa shape index (κ3) is 6.46. The van der Waals surface area contributed by atoms with Gasteiger partial charge in [-0.25, -0.2) is 0 Å². The van der Waals surface area contributed by atoms with E-state index in [-0.39, 0.29) is 18.3 Å². The van der Waals surface area contributed by atoms with E-state index in [0.717, 1.165) is 18.6 Å². The van der Waals surface area contributed by atoms with Gasteiger partial charge in [-0.2, -0.15) is 0 Å². The summed E-state index contributed by atoms with van der Waals surface area (Å²) < 4.78 is 0. The molecule has 18 heavy (non-hydrogen) atoms. The number of hydrogen-bond donors (Lipinski definition) is 0. The van der Waals surface area contributed by atoms with Gasteiger partial charge in [0, 0.05) is 17.9 Å². The Bertz CT molecular complexity index is 340. The van der Waals surface area contributed by atoms with E-state index in [0.29, 0.717) is 16.7 Å². The van der Waals surface area contributed by atoms with E-state index in [2.05, 4.69) is 43.5 Å². The molecule has 1 aromatic carbocycles. The van der Waals surface area contributed by atoms with Gasteiger partial charge in [0.25, 0.3) is 0 Å². The first-order valence-electron chi connectivity index (χ1n) is 6.27. The Balaban J connectivity index is 0.00000289. The lowest BCUT2D eigenvalue weighted by Gasteiger charge is -2.10. The van der Waals surface area contributed by atoms with Crippen LogP contribution >= 0.6 is 0 Å². The Morgan fingerprint density at radius 1 is 1.28 bits per heavy atom. The Morgan fingerprint density at radius 3 is 2.39 bits per heavy atom. The van der Waals surface area contributed by atoms with E-state index in [4.69, 9.17) is 0 Å². The third-order valence-electron chi connectivity index (χ3n) is 3.14. The normalized spacial score (nSPS) is 13.5. The van der Waals surface area contributed by atoms with E-state index in [9.17, 15) is 4.79 Å². The minimum absolute atomic E-state index is 0. The van der Waals surface area contributed by atoms with Crippen LogP contribution in [0.15, 0.2) is 30.3 Å². The zero-order valence-corrected chi connectivity index (χ0v) is 13.1. The first kappa shape index (κ1) is 17.5. The van der Waals surface area contributed by atoms with Crippen molar-refractivity contribution in [3.05, 3.63) is 35.9 Å². The molecule has 0 heterocycles. The molecule has 102 valence electrons. The summed E-state index contributed by atoms with van der Waals surface area (Å²) in [5.41, 5.74) is 1.41. The number of benzene rings is 1. The van der Waals surface area contributed by atoms with Crippen LogP contribution in [-0.4, -0.2) is 17.8 Å². The maximum atomic E-state index is 11.3. The quantitative estimate of drug-likeness (QED) is 0.665. The zero-order valence-electron chi connectivity index (χ0n) is 11.5. The molecular formula is C15H23ClOS. The Labute approximate surface area is 120 Å². The average Bonchev–Trinajstić information content (AvgIpc) is 2.30. The van der Waals surface area contributed by atoms with Crippen molar-refractivity contribution in [2.24, 2.45) is 5.92 Å². The van der Waals surface area contributed by atoms with E-state index >= 15 is 0 Å². The molecule has 0 aromatic heterocycles. The molecule has 0 N–H and O–H groups in total. The Hall–Kier alpha value is -0.470. The molecule has 0 aliphatic heterocycles. The smallest absolute Gasteiger partial charge is 0.133 e. The summed E-state index contributed by atoms with van der Waals surface area (Å²) in [4.78, 5) is 11.3. The highest BCUT2D eigenvalue weighted by atomic mass is 35.5. The van der Waals surface area contributed by atoms with Gasteiger partial charge in [-0.3, -0.25) is 4.79 Å². The molecule has 0 saturated heterocycles. The van der Waals surface area contributed by atoms with Crippen LogP contribution in [0.3, 0.4) is 0 Å². The van der Waals surface area contributed by atoms with Crippen molar-refractivity contribution in [3.63, 3.8) is 0 Å². The number of ketones is 1. The van der Waals surface area contributed by atoms with Gasteiger partial charge in [-0.05, 0) is 24.2 Å². The van der Waals surface area contributed by atoms with Crippen LogP contribution in [0.25, 0.3) is 0 Å². The molecule has 0 radical (unpaired) electrons. The monoisotopic (exact) mass is 286 g/mol. The van der Waals surface area contributed by atoms with Gasteiger partial charge in [0.1, 0.15) is 17.3 Å². The number of halogens is 1. The molecule has 0 spiro atoms. The lowest BCUT2D eigenvalue weighted by Crippen LogP contribution is -3.00. The largest absolute Gasteiger partial charge is 1.00 e. The van der Waals surface area contributed by atoms with E-state index in [1.165, 1.54) is 11.3 Å². The van der Waals surface area contributed by atoms with Gasteiger partial charge in [-0.1, -0.05) is 37.3 Å². The first-order valence-corrected chi connectivity index (χ1v) is 8.24. The average molecular weight is 287 g/mol. The molecule has 0 aliphatic rings. The van der Waals surface area contributed by atoms with Crippen molar-refractivity contribution in [2.75, 3.05) is 12.0 Å². The summed E-state index contributed by atoms with van der Waals surface area (Å²) >= 11 is 0. The molecule has 3 heteroatoms. The second-order valence-corrected chi connectivity index (χ2v) is 6.88. The second kappa shape index (κ2) is 9.46. The van der Waals surface area contributed by atoms with Crippen molar-refractivity contribution in [1.82, 2.24) is 0 Å². The fourth-order valence-corrected chi connectivity index (χ4v) is 3.56. The molecular weight excluding hydrogens is 264 g/mol. The van der Waals surface area contributed by atoms with Crippen LogP contribution in [0.5, 0.6) is 0 Å². The summed E-state index contributed by atoms with van der Waals surface area (Å²) in [6.45, 7) is 3.83. The van der Waals surface area contributed by atoms with Crippen molar-refractivity contribution in [3.8, 4) is 0 Å². The standard InChI is InChI=1S/C15H23OS.ClH/c1-4-15(13(2)16)10-11-17(3)12-14-8-6-5-7-9-14;/h5-9,15H,4,10-12H2,1-3H3;1H/q+1;/p-1/t15-,17?;/m0./s1. The van der Waals surface area contributed by atoms with Gasteiger partial charge in [0.2, 0.25) is 0 Å². The van der Waals surface area contributed by atoms with Crippen LogP contribution in [0.1, 0.15) is 32.3 Å². The van der Waals surface area contributed by atoms with Gasteiger partial charge >= 0.3 is 0 Å². The number of rotatable bonds is 7. The molecule has 0 fully saturated rings. The molecule has 1 aromatic rings. The van der Waals surface area contributed by atoms with Crippen LogP contribution in [0.2, 0.25) is 0 Å². The molecule has 1 nitrogen and oxygen atoms in total. The van der Waals surface area contributed by atoms with E-state index in [1.807, 2.05) is 0 Å². The van der Waals surface area contributed by atoms with Gasteiger partial charge in [-0.15, -0.1) is 0 Å². The molecule has 0 aliphatic carbocycles. The van der Waals surface area contributed by atoms with Crippen molar-refractivity contribution in [1.29, 1.82) is 0 Å². The Morgan fingerprint density at radius 2 is 1.89 bits per heavy atom. The summed E-state index contributed by atoms with van der Waals surface area (Å²) in [6, 6.07) is 10.6. The van der Waals surface area contributed by atoms with Crippen molar-refractivity contribution >= 4 is 16.7 Å². The number of carbonyl (C=O) groups is 1. The predicted octanol–water partition coefficient (Wildman–Crippen LogP) is 0.444. The predicted molar refractivity (Wildman–Crippen MR) is 77.4 cm³/mol. The van der Waals surface area contributed by atoms with Crippen molar-refractivity contribution < 1.29 is 17.2 Å². The molecule has 0 bridgehead atoms. The molecule has 1 rings (SSSR count). The van der Waals surface area contributed by atoms with Gasteiger partial charge in [0.15, 0.2) is 0 Å². The summed E-state index contributed by atoms with van der Waals surface area (Å²) in [6.07, 6.45) is 4.34. The summed E-state index contributed by atoms with van der Waals surface area (Å²) in [5.74, 6) is 2.95. The van der Waals surface area contributed by atoms with Crippen LogP contribution in [0.4, 0.5) is 0 Å². The van der Waals surface area contributed by atoms with Crippen LogP contribution < -0.4 is 12.4 Å². The number of Topliss-reactive ketones (excluding diaryl/α,β-unsaturated/α-hetero) is 1. The van der Waals surface area contributed by atoms with E-state index in [1.54, 1.807) is 6.92 Å². The minimum atomic E-state index is 0. The number of carbonyl (C=O) groups excluding carboxylic acids is 1. The highest BCUT2D eigenvalue weighted by Gasteiger charge is 2.18. The molecule has 1 unspecified atom stereocenters. The summed E-state index contributed by atoms with van der Waals surface area (Å²) in [5, 5.41) is 0. The zero-order chi connectivity index (χ0) is 12.7. The lowest BCUT2D eigenvalue weighted by molar-refractivity contribution is -0.120. The SMILES string of the molecule is CC[C@@H](CC[S+](C)Cc1ccccc1)C(C)=O.[Cl-]. The van der Waals surface area contributed by atoms with Crippen LogP contribution in [0, 0.1) is 5.92 Å².